The smallest absolute Gasteiger partial charge is 0.328 e. The molecule has 0 spiro atoms. The Kier molecular flexibility index (Phi) is 21.0. The number of primary amides is 1. The van der Waals surface area contributed by atoms with Gasteiger partial charge in [0.05, 0.1) is 0 Å². The maximum atomic E-state index is 14.8. The molecule has 3 saturated heterocycles. The average molecular weight is 1020 g/mol. The third kappa shape index (κ3) is 15.5. The number of carbonyl (C=O) groups is 10. The summed E-state index contributed by atoms with van der Waals surface area (Å²) in [5.41, 5.74) is 5.98. The van der Waals surface area contributed by atoms with E-state index in [-0.39, 0.29) is 62.7 Å². The molecular formula is C48H72ClN9O13. The lowest BCUT2D eigenvalue weighted by atomic mass is 9.93. The molecule has 3 heterocycles. The second-order valence-electron chi connectivity index (χ2n) is 19.9. The van der Waals surface area contributed by atoms with Crippen molar-refractivity contribution in [2.75, 3.05) is 13.6 Å². The van der Waals surface area contributed by atoms with E-state index < -0.39 is 120 Å². The van der Waals surface area contributed by atoms with Gasteiger partial charge < -0.3 is 61.2 Å². The van der Waals surface area contributed by atoms with Crippen molar-refractivity contribution in [1.82, 2.24) is 41.3 Å². The van der Waals surface area contributed by atoms with Gasteiger partial charge in [0.1, 0.15) is 78.3 Å². The molecule has 3 aliphatic rings. The van der Waals surface area contributed by atoms with Crippen LogP contribution >= 0.6 is 11.9 Å². The summed E-state index contributed by atoms with van der Waals surface area (Å²) in [5, 5.41) is 24.6. The number of ether oxygens (including phenoxy) is 1. The highest BCUT2D eigenvalue weighted by Gasteiger charge is 2.47. The zero-order valence-electron chi connectivity index (χ0n) is 42.0. The molecule has 3 aliphatic heterocycles. The maximum absolute atomic E-state index is 14.8. The summed E-state index contributed by atoms with van der Waals surface area (Å²) in [6.07, 6.45) is -3.12. The van der Waals surface area contributed by atoms with Crippen molar-refractivity contribution in [3.63, 3.8) is 0 Å². The largest absolute Gasteiger partial charge is 0.458 e. The SMILES string of the molecule is CC(=O)N1CCC[C@@H]1C(=O)N[C@H](CCC(N)=O)C(=O)N[C@@H]1C(=O)N[C@@H](CC(C)C)C(=O)N[C@H]2CC[C@H](O)N(C2=O)[C@H](C(C)C)C(=O)N(C)[C@H](Cc2ccc(OCl)cc2)C(=O)N[C@H](CC(C)C)C(=O)O[C@@H]1C. The lowest BCUT2D eigenvalue weighted by molar-refractivity contribution is -0.167. The average Bonchev–Trinajstić information content (AvgIpc) is 3.80. The molecule has 71 heavy (non-hydrogen) atoms. The van der Waals surface area contributed by atoms with Gasteiger partial charge in [0.2, 0.25) is 53.2 Å². The minimum Gasteiger partial charge on any atom is -0.458 e. The second kappa shape index (κ2) is 25.9. The summed E-state index contributed by atoms with van der Waals surface area (Å²) in [6.45, 7) is 13.4. The first kappa shape index (κ1) is 57.5. The summed E-state index contributed by atoms with van der Waals surface area (Å²) in [4.78, 5) is 143. The predicted octanol–water partition coefficient (Wildman–Crippen LogP) is 0.292. The third-order valence-electron chi connectivity index (χ3n) is 12.9. The molecule has 1 aromatic rings. The van der Waals surface area contributed by atoms with Gasteiger partial charge in [0.25, 0.3) is 0 Å². The van der Waals surface area contributed by atoms with E-state index in [1.807, 2.05) is 0 Å². The molecule has 9 amide bonds. The molecule has 0 saturated carbocycles. The number of amides is 9. The quantitative estimate of drug-likeness (QED) is 0.117. The van der Waals surface area contributed by atoms with Crippen LogP contribution in [0.2, 0.25) is 0 Å². The Labute approximate surface area is 419 Å². The minimum atomic E-state index is -1.80. The number of esters is 1. The van der Waals surface area contributed by atoms with E-state index in [0.717, 1.165) is 9.80 Å². The number of halogens is 1. The molecule has 0 unspecified atom stereocenters. The number of aliphatic hydroxyl groups is 1. The zero-order chi connectivity index (χ0) is 53.0. The number of likely N-dealkylation sites (N-methyl/N-ethyl adjacent to an activating group) is 1. The van der Waals surface area contributed by atoms with Gasteiger partial charge in [-0.3, -0.25) is 43.2 Å². The number of piperidine rings is 1. The third-order valence-corrected chi connectivity index (χ3v) is 13.1. The van der Waals surface area contributed by atoms with Crippen molar-refractivity contribution in [3.8, 4) is 5.75 Å². The summed E-state index contributed by atoms with van der Waals surface area (Å²) in [6, 6.07) is -4.64. The van der Waals surface area contributed by atoms with Crippen molar-refractivity contribution in [3.05, 3.63) is 29.8 Å². The van der Waals surface area contributed by atoms with Gasteiger partial charge in [-0.05, 0) is 87.3 Å². The van der Waals surface area contributed by atoms with E-state index in [9.17, 15) is 53.1 Å². The van der Waals surface area contributed by atoms with Crippen LogP contribution < -0.4 is 36.6 Å². The molecule has 0 radical (unpaired) electrons. The van der Waals surface area contributed by atoms with Gasteiger partial charge in [0, 0.05) is 33.4 Å². The Hall–Kier alpha value is -6.03. The Morgan fingerprint density at radius 3 is 2.07 bits per heavy atom. The van der Waals surface area contributed by atoms with Crippen molar-refractivity contribution >= 4 is 71.0 Å². The Bertz CT molecular complexity index is 2120. The zero-order valence-corrected chi connectivity index (χ0v) is 42.8. The van der Waals surface area contributed by atoms with Crippen LogP contribution in [0.15, 0.2) is 24.3 Å². The van der Waals surface area contributed by atoms with Crippen LogP contribution in [-0.2, 0) is 59.1 Å². The maximum Gasteiger partial charge on any atom is 0.328 e. The van der Waals surface area contributed by atoms with Gasteiger partial charge >= 0.3 is 5.97 Å². The summed E-state index contributed by atoms with van der Waals surface area (Å²) >= 11 is 5.55. The number of hydrogen-bond donors (Lipinski definition) is 7. The fraction of sp³-hybridized carbons (Fsp3) is 0.667. The van der Waals surface area contributed by atoms with Crippen LogP contribution in [0.1, 0.15) is 112 Å². The number of rotatable bonds is 15. The number of cyclic esters (lactones) is 1. The fourth-order valence-electron chi connectivity index (χ4n) is 9.17. The number of nitrogens with zero attached hydrogens (tertiary/aromatic N) is 3. The number of nitrogens with two attached hydrogens (primary N) is 1. The van der Waals surface area contributed by atoms with Crippen LogP contribution in [0, 0.1) is 17.8 Å². The molecule has 1 aromatic carbocycles. The molecule has 0 aliphatic carbocycles. The van der Waals surface area contributed by atoms with E-state index in [1.54, 1.807) is 65.8 Å². The van der Waals surface area contributed by atoms with Crippen LogP contribution in [0.3, 0.4) is 0 Å². The highest BCUT2D eigenvalue weighted by Crippen LogP contribution is 2.27. The van der Waals surface area contributed by atoms with E-state index in [2.05, 4.69) is 26.6 Å². The number of nitrogens with one attached hydrogen (secondary N) is 5. The van der Waals surface area contributed by atoms with E-state index in [1.165, 1.54) is 25.8 Å². The van der Waals surface area contributed by atoms with E-state index in [4.69, 9.17) is 26.6 Å². The predicted molar refractivity (Wildman–Crippen MR) is 257 cm³/mol. The fourth-order valence-corrected chi connectivity index (χ4v) is 9.27. The number of fused-ring (bicyclic) bond motifs is 2. The monoisotopic (exact) mass is 1020 g/mol. The highest BCUT2D eigenvalue weighted by molar-refractivity contribution is 6.09. The highest BCUT2D eigenvalue weighted by atomic mass is 35.5. The van der Waals surface area contributed by atoms with E-state index >= 15 is 0 Å². The number of benzene rings is 1. The molecule has 394 valence electrons. The van der Waals surface area contributed by atoms with Crippen molar-refractivity contribution in [1.29, 1.82) is 0 Å². The lowest BCUT2D eigenvalue weighted by Gasteiger charge is -2.44. The summed E-state index contributed by atoms with van der Waals surface area (Å²) < 4.78 is 10.7. The summed E-state index contributed by atoms with van der Waals surface area (Å²) in [7, 11) is 1.37. The molecular weight excluding hydrogens is 946 g/mol. The normalized spacial score (nSPS) is 26.7. The molecule has 0 aromatic heterocycles. The van der Waals surface area contributed by atoms with Gasteiger partial charge in [0.15, 0.2) is 0 Å². The topological polar surface area (TPSA) is 305 Å². The van der Waals surface area contributed by atoms with Gasteiger partial charge in [-0.1, -0.05) is 53.7 Å². The molecule has 3 fully saturated rings. The standard InChI is InChI=1S/C48H72ClN9O13/c1-24(2)21-33-42(63)52-32-17-19-38(61)58(46(32)67)40(26(5)6)47(68)56(9)36(23-29-12-14-30(71-49)15-13-29)44(65)54-34(22-25(3)4)48(69)70-27(7)39(45(66)53-33)55-41(62)31(16-18-37(50)60)51-43(64)35-11-10-20-57(35)28(8)59/h12-15,24-27,31-36,38-40,61H,10-11,16-23H2,1-9H3,(H2,50,60)(H,51,64)(H,52,63)(H,53,66)(H,54,65)(H,55,62)/t27-,31-,32+,33+,34-,35-,36-,38+,39+,40-/m1/s1. The molecule has 4 rings (SSSR count). The number of carbonyl (C=O) groups excluding carboxylic acids is 10. The first-order valence-electron chi connectivity index (χ1n) is 24.3. The molecule has 23 heteroatoms. The molecule has 2 bridgehead atoms. The Morgan fingerprint density at radius 1 is 0.873 bits per heavy atom. The molecule has 10 atom stereocenters. The molecule has 8 N–H and O–H groups in total. The van der Waals surface area contributed by atoms with Crippen LogP contribution in [0.25, 0.3) is 0 Å². The van der Waals surface area contributed by atoms with Crippen molar-refractivity contribution < 1.29 is 62.1 Å². The van der Waals surface area contributed by atoms with Crippen molar-refractivity contribution in [2.24, 2.45) is 23.5 Å². The van der Waals surface area contributed by atoms with Crippen LogP contribution in [0.4, 0.5) is 0 Å². The number of likely N-dealkylation sites (tertiary alicyclic amines) is 1. The minimum absolute atomic E-state index is 0.00651. The number of aliphatic hydroxyl groups excluding tert-OH is 1. The first-order valence-corrected chi connectivity index (χ1v) is 24.6. The Balaban J connectivity index is 1.84. The van der Waals surface area contributed by atoms with Crippen LogP contribution in [0.5, 0.6) is 5.75 Å². The van der Waals surface area contributed by atoms with Crippen LogP contribution in [-0.4, -0.2) is 153 Å². The first-order chi connectivity index (χ1) is 33.3. The second-order valence-corrected chi connectivity index (χ2v) is 20.0. The number of hydrogen-bond acceptors (Lipinski definition) is 13. The summed E-state index contributed by atoms with van der Waals surface area (Å²) in [5.74, 6) is -8.87. The van der Waals surface area contributed by atoms with Gasteiger partial charge in [-0.25, -0.2) is 4.79 Å². The van der Waals surface area contributed by atoms with Crippen molar-refractivity contribution in [2.45, 2.75) is 174 Å². The van der Waals surface area contributed by atoms with Gasteiger partial charge in [-0.2, -0.15) is 0 Å². The van der Waals surface area contributed by atoms with E-state index in [0.29, 0.717) is 30.7 Å². The van der Waals surface area contributed by atoms with Gasteiger partial charge in [-0.15, -0.1) is 0 Å². The lowest BCUT2D eigenvalue weighted by Crippen LogP contribution is -2.66. The molecule has 22 nitrogen and oxygen atoms in total. The Morgan fingerprint density at radius 2 is 1.49 bits per heavy atom.